The molecular formula is C23H27N3O. The lowest BCUT2D eigenvalue weighted by atomic mass is 9.86. The third-order valence-electron chi connectivity index (χ3n) is 5.40. The molecule has 1 N–H and O–H groups in total. The molecule has 140 valence electrons. The number of nitrogens with zero attached hydrogens (tertiary/aromatic N) is 2. The average molecular weight is 361 g/mol. The zero-order valence-corrected chi connectivity index (χ0v) is 15.6. The largest absolute Gasteiger partial charge is 0.376 e. The number of aromatic amines is 1. The summed E-state index contributed by atoms with van der Waals surface area (Å²) in [6.07, 6.45) is 6.20. The molecule has 0 amide bonds. The van der Waals surface area contributed by atoms with Crippen LogP contribution in [0.3, 0.4) is 0 Å². The van der Waals surface area contributed by atoms with Crippen LogP contribution in [0.15, 0.2) is 73.1 Å². The molecule has 1 aliphatic heterocycles. The second-order valence-corrected chi connectivity index (χ2v) is 7.26. The van der Waals surface area contributed by atoms with Crippen LogP contribution < -0.4 is 0 Å². The minimum absolute atomic E-state index is 0.258. The van der Waals surface area contributed by atoms with E-state index in [9.17, 15) is 0 Å². The first-order valence-electron chi connectivity index (χ1n) is 9.80. The number of benzene rings is 2. The topological polar surface area (TPSA) is 41.2 Å². The molecule has 1 saturated heterocycles. The highest BCUT2D eigenvalue weighted by molar-refractivity contribution is 5.32. The predicted molar refractivity (Wildman–Crippen MR) is 108 cm³/mol. The lowest BCUT2D eigenvalue weighted by Gasteiger charge is -2.35. The van der Waals surface area contributed by atoms with E-state index in [-0.39, 0.29) is 6.10 Å². The number of H-pyrrole nitrogens is 1. The van der Waals surface area contributed by atoms with Gasteiger partial charge in [-0.05, 0) is 29.5 Å². The van der Waals surface area contributed by atoms with Gasteiger partial charge in [-0.15, -0.1) is 0 Å². The molecule has 0 radical (unpaired) electrons. The fourth-order valence-electron chi connectivity index (χ4n) is 3.93. The van der Waals surface area contributed by atoms with E-state index in [2.05, 4.69) is 75.8 Å². The van der Waals surface area contributed by atoms with Gasteiger partial charge in [0.15, 0.2) is 0 Å². The van der Waals surface area contributed by atoms with Crippen LogP contribution in [0.25, 0.3) is 0 Å². The normalized spacial score (nSPS) is 18.0. The minimum atomic E-state index is 0.258. The van der Waals surface area contributed by atoms with Gasteiger partial charge < -0.3 is 4.74 Å². The first kappa shape index (κ1) is 18.0. The van der Waals surface area contributed by atoms with Gasteiger partial charge in [-0.3, -0.25) is 10.00 Å². The van der Waals surface area contributed by atoms with Crippen molar-refractivity contribution >= 4 is 0 Å². The van der Waals surface area contributed by atoms with Crippen molar-refractivity contribution in [2.24, 2.45) is 0 Å². The van der Waals surface area contributed by atoms with Crippen molar-refractivity contribution in [1.29, 1.82) is 0 Å². The second-order valence-electron chi connectivity index (χ2n) is 7.26. The van der Waals surface area contributed by atoms with Crippen LogP contribution in [-0.4, -0.2) is 47.4 Å². The van der Waals surface area contributed by atoms with Gasteiger partial charge in [0.05, 0.1) is 18.9 Å². The summed E-state index contributed by atoms with van der Waals surface area (Å²) >= 11 is 0. The van der Waals surface area contributed by atoms with E-state index < -0.39 is 0 Å². The van der Waals surface area contributed by atoms with Crippen LogP contribution in [0, 0.1) is 0 Å². The fourth-order valence-corrected chi connectivity index (χ4v) is 3.93. The molecule has 0 bridgehead atoms. The summed E-state index contributed by atoms with van der Waals surface area (Å²) in [6.45, 7) is 3.87. The molecule has 0 saturated carbocycles. The Morgan fingerprint density at radius 3 is 2.37 bits per heavy atom. The molecule has 1 fully saturated rings. The monoisotopic (exact) mass is 361 g/mol. The van der Waals surface area contributed by atoms with Crippen LogP contribution in [0.1, 0.15) is 29.0 Å². The number of nitrogens with one attached hydrogen (secondary N) is 1. The summed E-state index contributed by atoms with van der Waals surface area (Å²) in [7, 11) is 0. The highest BCUT2D eigenvalue weighted by atomic mass is 16.5. The Balaban J connectivity index is 1.43. The molecule has 1 aromatic heterocycles. The average Bonchev–Trinajstić information content (AvgIpc) is 3.26. The Morgan fingerprint density at radius 1 is 1.04 bits per heavy atom. The van der Waals surface area contributed by atoms with Crippen molar-refractivity contribution < 1.29 is 4.74 Å². The standard InChI is InChI=1S/C23H27N3O/c1-3-7-20(8-4-1)23(21-9-5-2-6-10-21)15-22-18-26(13-14-27-22)12-11-19-16-24-25-17-19/h1-10,16-17,22-23H,11-15,18H2,(H,24,25)/t22-/m1/s1. The van der Waals surface area contributed by atoms with Gasteiger partial charge in [-0.25, -0.2) is 0 Å². The highest BCUT2D eigenvalue weighted by Gasteiger charge is 2.25. The molecule has 3 aromatic rings. The van der Waals surface area contributed by atoms with Crippen LogP contribution in [0.2, 0.25) is 0 Å². The van der Waals surface area contributed by atoms with Gasteiger partial charge in [0.1, 0.15) is 0 Å². The molecule has 0 aliphatic carbocycles. The number of aromatic nitrogens is 2. The van der Waals surface area contributed by atoms with Gasteiger partial charge in [0.2, 0.25) is 0 Å². The number of rotatable bonds is 7. The van der Waals surface area contributed by atoms with Gasteiger partial charge in [-0.1, -0.05) is 60.7 Å². The fraction of sp³-hybridized carbons (Fsp3) is 0.348. The van der Waals surface area contributed by atoms with Gasteiger partial charge in [0.25, 0.3) is 0 Å². The number of ether oxygens (including phenoxy) is 1. The van der Waals surface area contributed by atoms with Crippen LogP contribution >= 0.6 is 0 Å². The van der Waals surface area contributed by atoms with E-state index in [1.165, 1.54) is 16.7 Å². The first-order valence-corrected chi connectivity index (χ1v) is 9.80. The Labute approximate surface area is 161 Å². The third kappa shape index (κ3) is 4.85. The molecule has 1 aliphatic rings. The van der Waals surface area contributed by atoms with Gasteiger partial charge in [0, 0.05) is 31.7 Å². The zero-order valence-electron chi connectivity index (χ0n) is 15.6. The summed E-state index contributed by atoms with van der Waals surface area (Å²) in [6, 6.07) is 21.6. The van der Waals surface area contributed by atoms with E-state index in [1.807, 2.05) is 12.4 Å². The van der Waals surface area contributed by atoms with Crippen molar-refractivity contribution in [3.05, 3.63) is 89.7 Å². The van der Waals surface area contributed by atoms with E-state index in [1.54, 1.807) is 0 Å². The smallest absolute Gasteiger partial charge is 0.0711 e. The predicted octanol–water partition coefficient (Wildman–Crippen LogP) is 3.88. The zero-order chi connectivity index (χ0) is 18.3. The van der Waals surface area contributed by atoms with Crippen LogP contribution in [-0.2, 0) is 11.2 Å². The summed E-state index contributed by atoms with van der Waals surface area (Å²) in [5, 5.41) is 6.93. The Morgan fingerprint density at radius 2 is 1.74 bits per heavy atom. The second kappa shape index (κ2) is 8.98. The van der Waals surface area contributed by atoms with Crippen molar-refractivity contribution in [2.45, 2.75) is 24.9 Å². The Hall–Kier alpha value is -2.43. The van der Waals surface area contributed by atoms with E-state index >= 15 is 0 Å². The SMILES string of the molecule is c1ccc(C(C[C@@H]2CN(CCc3cn[nH]c3)CCO2)c2ccccc2)cc1. The first-order chi connectivity index (χ1) is 13.4. The summed E-state index contributed by atoms with van der Waals surface area (Å²) in [5.41, 5.74) is 4.00. The van der Waals surface area contributed by atoms with E-state index in [4.69, 9.17) is 4.74 Å². The molecular weight excluding hydrogens is 334 g/mol. The third-order valence-corrected chi connectivity index (χ3v) is 5.40. The molecule has 2 aromatic carbocycles. The summed E-state index contributed by atoms with van der Waals surface area (Å²) in [5.74, 6) is 0.367. The maximum Gasteiger partial charge on any atom is 0.0711 e. The Bertz CT molecular complexity index is 750. The van der Waals surface area contributed by atoms with Crippen molar-refractivity contribution in [2.75, 3.05) is 26.2 Å². The van der Waals surface area contributed by atoms with Crippen molar-refractivity contribution in [3.8, 4) is 0 Å². The number of hydrogen-bond acceptors (Lipinski definition) is 3. The minimum Gasteiger partial charge on any atom is -0.376 e. The summed E-state index contributed by atoms with van der Waals surface area (Å²) < 4.78 is 6.16. The number of hydrogen-bond donors (Lipinski definition) is 1. The summed E-state index contributed by atoms with van der Waals surface area (Å²) in [4.78, 5) is 2.52. The maximum absolute atomic E-state index is 6.16. The van der Waals surface area contributed by atoms with Crippen molar-refractivity contribution in [3.63, 3.8) is 0 Å². The van der Waals surface area contributed by atoms with Crippen LogP contribution in [0.4, 0.5) is 0 Å². The molecule has 27 heavy (non-hydrogen) atoms. The highest BCUT2D eigenvalue weighted by Crippen LogP contribution is 2.30. The molecule has 1 atom stereocenters. The molecule has 2 heterocycles. The Kier molecular flexibility index (Phi) is 5.97. The number of morpholine rings is 1. The van der Waals surface area contributed by atoms with Gasteiger partial charge in [-0.2, -0.15) is 5.10 Å². The quantitative estimate of drug-likeness (QED) is 0.694. The van der Waals surface area contributed by atoms with Crippen molar-refractivity contribution in [1.82, 2.24) is 15.1 Å². The molecule has 0 spiro atoms. The molecule has 4 heteroatoms. The lowest BCUT2D eigenvalue weighted by Crippen LogP contribution is -2.43. The maximum atomic E-state index is 6.16. The van der Waals surface area contributed by atoms with Gasteiger partial charge >= 0.3 is 0 Å². The van der Waals surface area contributed by atoms with Crippen LogP contribution in [0.5, 0.6) is 0 Å². The molecule has 4 rings (SSSR count). The van der Waals surface area contributed by atoms with E-state index in [0.29, 0.717) is 5.92 Å². The molecule has 0 unspecified atom stereocenters. The van der Waals surface area contributed by atoms with E-state index in [0.717, 1.165) is 39.1 Å². The lowest BCUT2D eigenvalue weighted by molar-refractivity contribution is -0.0332. The molecule has 4 nitrogen and oxygen atoms in total.